The molecule has 1 N–H and O–H groups in total. The number of rotatable bonds is 2. The third kappa shape index (κ3) is 2.25. The first-order chi connectivity index (χ1) is 8.23. The van der Waals surface area contributed by atoms with Crippen molar-refractivity contribution in [1.29, 1.82) is 0 Å². The number of carbonyl (C=O) groups excluding carboxylic acids is 2. The van der Waals surface area contributed by atoms with Crippen LogP contribution in [0, 0.1) is 11.8 Å². The van der Waals surface area contributed by atoms with Crippen LogP contribution in [0.2, 0.25) is 0 Å². The molecule has 2 atom stereocenters. The first-order valence-electron chi connectivity index (χ1n) is 6.87. The molecule has 1 aliphatic carbocycles. The van der Waals surface area contributed by atoms with Crippen LogP contribution in [-0.4, -0.2) is 34.3 Å². The summed E-state index contributed by atoms with van der Waals surface area (Å²) < 4.78 is 0. The predicted octanol–water partition coefficient (Wildman–Crippen LogP) is 1.55. The van der Waals surface area contributed by atoms with E-state index in [4.69, 9.17) is 0 Å². The van der Waals surface area contributed by atoms with Gasteiger partial charge in [0.2, 0.25) is 11.8 Å². The average Bonchev–Trinajstić information content (AvgIpc) is 3.01. The van der Waals surface area contributed by atoms with Crippen LogP contribution in [0.5, 0.6) is 0 Å². The summed E-state index contributed by atoms with van der Waals surface area (Å²) in [6.07, 6.45) is 2.11. The van der Waals surface area contributed by atoms with E-state index in [2.05, 4.69) is 5.32 Å². The molecule has 1 saturated carbocycles. The van der Waals surface area contributed by atoms with Crippen molar-refractivity contribution < 1.29 is 9.59 Å². The molecule has 2 aliphatic rings. The summed E-state index contributed by atoms with van der Waals surface area (Å²) >= 11 is 0. The maximum atomic E-state index is 12.6. The fraction of sp³-hybridized carbons (Fsp3) is 0.857. The topological polar surface area (TPSA) is 49.4 Å². The minimum atomic E-state index is -0.340. The second-order valence-corrected chi connectivity index (χ2v) is 6.89. The van der Waals surface area contributed by atoms with Crippen molar-refractivity contribution in [3.63, 3.8) is 0 Å². The van der Waals surface area contributed by atoms with E-state index in [0.717, 1.165) is 12.8 Å². The Kier molecular flexibility index (Phi) is 3.16. The van der Waals surface area contributed by atoms with Gasteiger partial charge in [0.15, 0.2) is 0 Å². The first-order valence-corrected chi connectivity index (χ1v) is 6.87. The zero-order valence-corrected chi connectivity index (χ0v) is 12.0. The van der Waals surface area contributed by atoms with Crippen LogP contribution in [0.15, 0.2) is 0 Å². The Bertz CT molecular complexity index is 366. The van der Waals surface area contributed by atoms with Crippen molar-refractivity contribution in [2.75, 3.05) is 0 Å². The van der Waals surface area contributed by atoms with Gasteiger partial charge in [-0.2, -0.15) is 0 Å². The Hall–Kier alpha value is -1.06. The standard InChI is InChI=1S/C14H24N2O2/c1-8(2)11-12(17)15-10(9-6-7-9)13(18)16(11)14(3,4)5/h8-11H,6-7H2,1-5H3,(H,15,17). The van der Waals surface area contributed by atoms with Crippen molar-refractivity contribution in [2.24, 2.45) is 11.8 Å². The molecule has 1 saturated heterocycles. The van der Waals surface area contributed by atoms with Gasteiger partial charge in [0.1, 0.15) is 12.1 Å². The molecule has 2 unspecified atom stereocenters. The highest BCUT2D eigenvalue weighted by Gasteiger charge is 2.50. The maximum Gasteiger partial charge on any atom is 0.246 e. The second-order valence-electron chi connectivity index (χ2n) is 6.89. The molecule has 1 heterocycles. The van der Waals surface area contributed by atoms with E-state index < -0.39 is 0 Å². The molecule has 2 amide bonds. The smallest absolute Gasteiger partial charge is 0.246 e. The van der Waals surface area contributed by atoms with E-state index in [9.17, 15) is 9.59 Å². The lowest BCUT2D eigenvalue weighted by atomic mass is 9.90. The monoisotopic (exact) mass is 252 g/mol. The Morgan fingerprint density at radius 3 is 2.17 bits per heavy atom. The number of hydrogen-bond donors (Lipinski definition) is 1. The lowest BCUT2D eigenvalue weighted by molar-refractivity contribution is -0.158. The summed E-state index contributed by atoms with van der Waals surface area (Å²) in [6, 6.07) is -0.626. The molecule has 0 bridgehead atoms. The van der Waals surface area contributed by atoms with Gasteiger partial charge in [-0.1, -0.05) is 13.8 Å². The molecular formula is C14H24N2O2. The van der Waals surface area contributed by atoms with Crippen LogP contribution in [0.25, 0.3) is 0 Å². The number of hydrogen-bond acceptors (Lipinski definition) is 2. The third-order valence-corrected chi connectivity index (χ3v) is 3.80. The van der Waals surface area contributed by atoms with Gasteiger partial charge in [-0.15, -0.1) is 0 Å². The molecule has 2 fully saturated rings. The molecule has 0 aromatic carbocycles. The summed E-state index contributed by atoms with van der Waals surface area (Å²) in [4.78, 5) is 26.7. The van der Waals surface area contributed by atoms with E-state index in [1.54, 1.807) is 4.90 Å². The Morgan fingerprint density at radius 1 is 1.22 bits per heavy atom. The van der Waals surface area contributed by atoms with Gasteiger partial charge < -0.3 is 10.2 Å². The normalized spacial score (nSPS) is 29.8. The molecule has 18 heavy (non-hydrogen) atoms. The van der Waals surface area contributed by atoms with Crippen molar-refractivity contribution in [3.8, 4) is 0 Å². The van der Waals surface area contributed by atoms with Gasteiger partial charge in [-0.05, 0) is 45.4 Å². The van der Waals surface area contributed by atoms with Crippen molar-refractivity contribution >= 4 is 11.8 Å². The number of piperazine rings is 1. The summed E-state index contributed by atoms with van der Waals surface area (Å²) in [5.41, 5.74) is -0.309. The lowest BCUT2D eigenvalue weighted by Gasteiger charge is -2.48. The Morgan fingerprint density at radius 2 is 1.78 bits per heavy atom. The van der Waals surface area contributed by atoms with E-state index in [-0.39, 0.29) is 35.4 Å². The van der Waals surface area contributed by atoms with Crippen molar-refractivity contribution in [1.82, 2.24) is 10.2 Å². The molecule has 0 aromatic rings. The molecule has 102 valence electrons. The largest absolute Gasteiger partial charge is 0.342 e. The molecular weight excluding hydrogens is 228 g/mol. The van der Waals surface area contributed by atoms with E-state index in [1.807, 2.05) is 34.6 Å². The predicted molar refractivity (Wildman–Crippen MR) is 69.9 cm³/mol. The van der Waals surface area contributed by atoms with Gasteiger partial charge in [0.25, 0.3) is 0 Å². The summed E-state index contributed by atoms with van der Waals surface area (Å²) in [6.45, 7) is 10.00. The van der Waals surface area contributed by atoms with Crippen LogP contribution in [0.1, 0.15) is 47.5 Å². The third-order valence-electron chi connectivity index (χ3n) is 3.80. The zero-order valence-electron chi connectivity index (χ0n) is 12.0. The van der Waals surface area contributed by atoms with Gasteiger partial charge >= 0.3 is 0 Å². The summed E-state index contributed by atoms with van der Waals surface area (Å²) in [7, 11) is 0. The molecule has 4 heteroatoms. The fourth-order valence-corrected chi connectivity index (χ4v) is 2.80. The highest BCUT2D eigenvalue weighted by molar-refractivity contribution is 5.97. The highest BCUT2D eigenvalue weighted by Crippen LogP contribution is 2.37. The van der Waals surface area contributed by atoms with Crippen LogP contribution >= 0.6 is 0 Å². The van der Waals surface area contributed by atoms with Crippen LogP contribution < -0.4 is 5.32 Å². The highest BCUT2D eigenvalue weighted by atomic mass is 16.2. The lowest BCUT2D eigenvalue weighted by Crippen LogP contribution is -2.69. The first kappa shape index (κ1) is 13.4. The molecule has 4 nitrogen and oxygen atoms in total. The molecule has 2 rings (SSSR count). The number of nitrogens with zero attached hydrogens (tertiary/aromatic N) is 1. The molecule has 0 spiro atoms. The van der Waals surface area contributed by atoms with Crippen LogP contribution in [-0.2, 0) is 9.59 Å². The van der Waals surface area contributed by atoms with Gasteiger partial charge in [-0.25, -0.2) is 0 Å². The second kappa shape index (κ2) is 4.25. The van der Waals surface area contributed by atoms with Crippen LogP contribution in [0.4, 0.5) is 0 Å². The quantitative estimate of drug-likeness (QED) is 0.810. The van der Waals surface area contributed by atoms with Gasteiger partial charge in [-0.3, -0.25) is 9.59 Å². The fourth-order valence-electron chi connectivity index (χ4n) is 2.80. The average molecular weight is 252 g/mol. The van der Waals surface area contributed by atoms with E-state index in [1.165, 1.54) is 0 Å². The van der Waals surface area contributed by atoms with Crippen LogP contribution in [0.3, 0.4) is 0 Å². The van der Waals surface area contributed by atoms with Gasteiger partial charge in [0.05, 0.1) is 0 Å². The zero-order chi connectivity index (χ0) is 13.7. The molecule has 0 aromatic heterocycles. The minimum absolute atomic E-state index is 0.0106. The SMILES string of the molecule is CC(C)C1C(=O)NC(C2CC2)C(=O)N1C(C)(C)C. The minimum Gasteiger partial charge on any atom is -0.342 e. The Balaban J connectivity index is 2.32. The van der Waals surface area contributed by atoms with Gasteiger partial charge in [0, 0.05) is 5.54 Å². The van der Waals surface area contributed by atoms with Crippen molar-refractivity contribution in [3.05, 3.63) is 0 Å². The number of carbonyl (C=O) groups is 2. The Labute approximate surface area is 109 Å². The van der Waals surface area contributed by atoms with Crippen molar-refractivity contribution in [2.45, 2.75) is 65.1 Å². The number of nitrogens with one attached hydrogen (secondary N) is 1. The van der Waals surface area contributed by atoms with E-state index >= 15 is 0 Å². The van der Waals surface area contributed by atoms with E-state index in [0.29, 0.717) is 5.92 Å². The molecule has 1 aliphatic heterocycles. The summed E-state index contributed by atoms with van der Waals surface area (Å²) in [5, 5.41) is 2.93. The summed E-state index contributed by atoms with van der Waals surface area (Å²) in [5.74, 6) is 0.604. The molecule has 0 radical (unpaired) electrons. The number of amides is 2. The maximum absolute atomic E-state index is 12.6.